The summed E-state index contributed by atoms with van der Waals surface area (Å²) in [5.74, 6) is 0.538. The first-order valence-corrected chi connectivity index (χ1v) is 8.53. The minimum atomic E-state index is -0.233. The van der Waals surface area contributed by atoms with E-state index in [2.05, 4.69) is 20.5 Å². The van der Waals surface area contributed by atoms with Crippen LogP contribution in [0.5, 0.6) is 0 Å². The fourth-order valence-corrected chi connectivity index (χ4v) is 3.09. The van der Waals surface area contributed by atoms with Crippen molar-refractivity contribution in [1.29, 1.82) is 0 Å². The lowest BCUT2D eigenvalue weighted by Gasteiger charge is -2.07. The van der Waals surface area contributed by atoms with E-state index in [1.165, 1.54) is 11.3 Å². The van der Waals surface area contributed by atoms with E-state index in [0.717, 1.165) is 22.9 Å². The third-order valence-corrected chi connectivity index (χ3v) is 4.39. The number of halogens is 2. The van der Waals surface area contributed by atoms with Crippen LogP contribution in [0.25, 0.3) is 11.4 Å². The number of aryl methyl sites for hydroxylation is 1. The summed E-state index contributed by atoms with van der Waals surface area (Å²) >= 11 is 1.45. The summed E-state index contributed by atoms with van der Waals surface area (Å²) in [4.78, 5) is 16.6. The van der Waals surface area contributed by atoms with Crippen molar-refractivity contribution < 1.29 is 4.79 Å². The fourth-order valence-electron chi connectivity index (χ4n) is 2.29. The molecule has 0 aliphatic rings. The maximum Gasteiger partial charge on any atom is 0.275 e. The zero-order valence-corrected chi connectivity index (χ0v) is 16.5. The summed E-state index contributed by atoms with van der Waals surface area (Å²) in [5.41, 5.74) is 7.51. The highest BCUT2D eigenvalue weighted by atomic mass is 35.5. The van der Waals surface area contributed by atoms with Crippen LogP contribution in [-0.4, -0.2) is 32.2 Å². The molecule has 0 atom stereocenters. The molecule has 0 saturated heterocycles. The Morgan fingerprint density at radius 1 is 1.35 bits per heavy atom. The monoisotopic (exact) mass is 414 g/mol. The number of hydrogen-bond acceptors (Lipinski definition) is 6. The number of hydrogen-bond donors (Lipinski definition) is 2. The van der Waals surface area contributed by atoms with E-state index in [9.17, 15) is 4.79 Å². The van der Waals surface area contributed by atoms with E-state index in [1.54, 1.807) is 11.7 Å². The predicted octanol–water partition coefficient (Wildman–Crippen LogP) is 3.02. The molecule has 2 aromatic heterocycles. The smallest absolute Gasteiger partial charge is 0.275 e. The van der Waals surface area contributed by atoms with E-state index >= 15 is 0 Å². The van der Waals surface area contributed by atoms with Crippen LogP contribution in [0, 0.1) is 0 Å². The third-order valence-electron chi connectivity index (χ3n) is 3.48. The average Bonchev–Trinajstić information content (AvgIpc) is 3.24. The van der Waals surface area contributed by atoms with Gasteiger partial charge in [0.05, 0.1) is 5.01 Å². The van der Waals surface area contributed by atoms with Crippen molar-refractivity contribution in [2.75, 3.05) is 11.9 Å². The van der Waals surface area contributed by atoms with Gasteiger partial charge in [-0.2, -0.15) is 0 Å². The van der Waals surface area contributed by atoms with Crippen LogP contribution in [0.4, 0.5) is 5.69 Å². The molecule has 3 rings (SSSR count). The third kappa shape index (κ3) is 5.01. The maximum absolute atomic E-state index is 12.3. The first kappa shape index (κ1) is 22.0. The minimum Gasteiger partial charge on any atom is -0.330 e. The van der Waals surface area contributed by atoms with Crippen LogP contribution in [-0.2, 0) is 13.0 Å². The van der Waals surface area contributed by atoms with Crippen molar-refractivity contribution in [3.63, 3.8) is 0 Å². The molecular weight excluding hydrogens is 395 g/mol. The Labute approximate surface area is 167 Å². The summed E-state index contributed by atoms with van der Waals surface area (Å²) in [7, 11) is 0. The van der Waals surface area contributed by atoms with Gasteiger partial charge in [-0.25, -0.2) is 4.98 Å². The Morgan fingerprint density at radius 3 is 2.88 bits per heavy atom. The van der Waals surface area contributed by atoms with E-state index in [4.69, 9.17) is 5.73 Å². The van der Waals surface area contributed by atoms with Gasteiger partial charge in [0, 0.05) is 29.6 Å². The zero-order chi connectivity index (χ0) is 16.9. The van der Waals surface area contributed by atoms with Crippen molar-refractivity contribution in [1.82, 2.24) is 19.7 Å². The van der Waals surface area contributed by atoms with E-state index in [0.29, 0.717) is 24.3 Å². The molecule has 0 aliphatic heterocycles. The Kier molecular flexibility index (Phi) is 8.67. The molecule has 0 bridgehead atoms. The van der Waals surface area contributed by atoms with Crippen molar-refractivity contribution in [3.05, 3.63) is 46.7 Å². The number of nitrogens with one attached hydrogen (secondary N) is 1. The molecule has 0 aliphatic carbocycles. The number of thiazole rings is 1. The number of benzene rings is 1. The topological polar surface area (TPSA) is 98.7 Å². The van der Waals surface area contributed by atoms with E-state index in [1.807, 2.05) is 35.8 Å². The summed E-state index contributed by atoms with van der Waals surface area (Å²) in [6.07, 6.45) is 2.37. The average molecular weight is 415 g/mol. The van der Waals surface area contributed by atoms with Gasteiger partial charge in [0.2, 0.25) is 0 Å². The molecule has 0 spiro atoms. The summed E-state index contributed by atoms with van der Waals surface area (Å²) in [6, 6.07) is 7.52. The molecule has 0 unspecified atom stereocenters. The van der Waals surface area contributed by atoms with Crippen molar-refractivity contribution in [2.45, 2.75) is 19.9 Å². The second-order valence-corrected chi connectivity index (χ2v) is 6.08. The summed E-state index contributed by atoms with van der Waals surface area (Å²) < 4.78 is 1.94. The summed E-state index contributed by atoms with van der Waals surface area (Å²) in [5, 5.41) is 13.6. The molecule has 3 aromatic rings. The van der Waals surface area contributed by atoms with Crippen molar-refractivity contribution in [3.8, 4) is 11.4 Å². The van der Waals surface area contributed by atoms with Gasteiger partial charge in [0.25, 0.3) is 5.91 Å². The lowest BCUT2D eigenvalue weighted by Crippen LogP contribution is -2.13. The van der Waals surface area contributed by atoms with Gasteiger partial charge in [0.15, 0.2) is 5.82 Å². The highest BCUT2D eigenvalue weighted by Gasteiger charge is 2.12. The number of amides is 1. The molecular formula is C16H20Cl2N6OS. The fraction of sp³-hybridized carbons (Fsp3) is 0.250. The molecule has 1 aromatic carbocycles. The van der Waals surface area contributed by atoms with Gasteiger partial charge in [-0.05, 0) is 25.6 Å². The molecule has 0 radical (unpaired) electrons. The summed E-state index contributed by atoms with van der Waals surface area (Å²) in [6.45, 7) is 3.33. The molecule has 0 fully saturated rings. The van der Waals surface area contributed by atoms with Gasteiger partial charge in [-0.3, -0.25) is 4.79 Å². The van der Waals surface area contributed by atoms with Gasteiger partial charge < -0.3 is 15.6 Å². The van der Waals surface area contributed by atoms with Crippen LogP contribution >= 0.6 is 36.2 Å². The number of carbonyl (C=O) groups excluding carboxylic acids is 1. The zero-order valence-electron chi connectivity index (χ0n) is 14.1. The molecule has 2 heterocycles. The van der Waals surface area contributed by atoms with Crippen molar-refractivity contribution in [2.24, 2.45) is 5.73 Å². The van der Waals surface area contributed by atoms with Crippen LogP contribution in [0.3, 0.4) is 0 Å². The second kappa shape index (κ2) is 10.2. The van der Waals surface area contributed by atoms with E-state index in [-0.39, 0.29) is 30.7 Å². The largest absolute Gasteiger partial charge is 0.330 e. The molecule has 26 heavy (non-hydrogen) atoms. The first-order chi connectivity index (χ1) is 11.7. The lowest BCUT2D eigenvalue weighted by atomic mass is 10.2. The number of anilines is 1. The predicted molar refractivity (Wildman–Crippen MR) is 108 cm³/mol. The minimum absolute atomic E-state index is 0. The van der Waals surface area contributed by atoms with Gasteiger partial charge in [0.1, 0.15) is 12.0 Å². The molecule has 1 amide bonds. The number of aromatic nitrogens is 4. The Balaban J connectivity index is 0.00000169. The first-order valence-electron chi connectivity index (χ1n) is 7.65. The normalized spacial score (nSPS) is 9.92. The Hall–Kier alpha value is -2.00. The highest BCUT2D eigenvalue weighted by Crippen LogP contribution is 2.21. The molecule has 10 heteroatoms. The van der Waals surface area contributed by atoms with Gasteiger partial charge in [-0.1, -0.05) is 12.1 Å². The Morgan fingerprint density at radius 2 is 2.15 bits per heavy atom. The maximum atomic E-state index is 12.3. The Bertz CT molecular complexity index is 851. The number of rotatable bonds is 6. The molecule has 3 N–H and O–H groups in total. The van der Waals surface area contributed by atoms with Crippen molar-refractivity contribution >= 4 is 47.7 Å². The van der Waals surface area contributed by atoms with Crippen LogP contribution in [0.1, 0.15) is 22.4 Å². The number of nitrogens with zero attached hydrogens (tertiary/aromatic N) is 4. The lowest BCUT2D eigenvalue weighted by molar-refractivity contribution is 0.102. The molecule has 0 saturated carbocycles. The van der Waals surface area contributed by atoms with E-state index < -0.39 is 0 Å². The highest BCUT2D eigenvalue weighted by molar-refractivity contribution is 7.09. The molecule has 7 nitrogen and oxygen atoms in total. The number of nitrogens with two attached hydrogens (primary N) is 1. The van der Waals surface area contributed by atoms with Crippen LogP contribution < -0.4 is 11.1 Å². The molecule has 140 valence electrons. The quantitative estimate of drug-likeness (QED) is 0.645. The van der Waals surface area contributed by atoms with Gasteiger partial charge in [-0.15, -0.1) is 46.3 Å². The SMILES string of the molecule is CCn1cnnc1-c1cccc(NC(=O)c2csc(CCN)n2)c1.Cl.Cl. The standard InChI is InChI=1S/C16H18N6OS.2ClH/c1-2-22-10-18-21-15(22)11-4-3-5-12(8-11)19-16(23)13-9-24-14(20-13)6-7-17;;/h3-5,8-10H,2,6-7,17H2,1H3,(H,19,23);2*1H. The second-order valence-electron chi connectivity index (χ2n) is 5.14. The van der Waals surface area contributed by atoms with Crippen LogP contribution in [0.2, 0.25) is 0 Å². The van der Waals surface area contributed by atoms with Gasteiger partial charge >= 0.3 is 0 Å². The van der Waals surface area contributed by atoms with Crippen LogP contribution in [0.15, 0.2) is 36.0 Å². The number of carbonyl (C=O) groups is 1.